The second kappa shape index (κ2) is 11.9. The van der Waals surface area contributed by atoms with Gasteiger partial charge in [-0.1, -0.05) is 13.8 Å². The number of ether oxygens (including phenoxy) is 2. The Labute approximate surface area is 203 Å². The van der Waals surface area contributed by atoms with Crippen LogP contribution in [0.25, 0.3) is 0 Å². The van der Waals surface area contributed by atoms with Crippen LogP contribution in [0.3, 0.4) is 0 Å². The van der Waals surface area contributed by atoms with E-state index in [2.05, 4.69) is 5.32 Å². The summed E-state index contributed by atoms with van der Waals surface area (Å²) in [6.07, 6.45) is 2.44. The molecule has 1 unspecified atom stereocenters. The van der Waals surface area contributed by atoms with E-state index in [1.54, 1.807) is 31.4 Å². The number of methoxy groups -OCH3 is 1. The van der Waals surface area contributed by atoms with Gasteiger partial charge in [-0.25, -0.2) is 0 Å². The normalized spacial score (nSPS) is 15.3. The van der Waals surface area contributed by atoms with Crippen LogP contribution in [0.1, 0.15) is 49.0 Å². The first-order valence-electron chi connectivity index (χ1n) is 11.9. The first kappa shape index (κ1) is 25.6. The van der Waals surface area contributed by atoms with Crippen LogP contribution in [0.15, 0.2) is 42.5 Å². The van der Waals surface area contributed by atoms with E-state index in [-0.39, 0.29) is 23.8 Å². The fourth-order valence-electron chi connectivity index (χ4n) is 4.18. The molecule has 1 aliphatic heterocycles. The standard InChI is InChI=1S/C27H37N3O4/c1-19(2)15-26(31)28-22-10-13-25(29(3)4)21(16-22)17-30(18-24-7-6-14-34-24)27(32)20-8-11-23(33-5)12-9-20/h8-13,16,19,24H,6-7,14-15,17-18H2,1-5H3,(H,28,31). The number of nitrogens with one attached hydrogen (secondary N) is 1. The first-order chi connectivity index (χ1) is 16.3. The summed E-state index contributed by atoms with van der Waals surface area (Å²) in [7, 11) is 5.56. The van der Waals surface area contributed by atoms with Gasteiger partial charge in [0.1, 0.15) is 5.75 Å². The molecular weight excluding hydrogens is 430 g/mol. The van der Waals surface area contributed by atoms with E-state index in [1.807, 2.05) is 55.9 Å². The van der Waals surface area contributed by atoms with Crippen LogP contribution in [-0.4, -0.2) is 57.2 Å². The highest BCUT2D eigenvalue weighted by molar-refractivity contribution is 5.94. The average Bonchev–Trinajstić information content (AvgIpc) is 3.31. The summed E-state index contributed by atoms with van der Waals surface area (Å²) in [6, 6.07) is 13.0. The zero-order chi connectivity index (χ0) is 24.7. The fourth-order valence-corrected chi connectivity index (χ4v) is 4.18. The SMILES string of the molecule is COc1ccc(C(=O)N(Cc2cc(NC(=O)CC(C)C)ccc2N(C)C)CC2CCCO2)cc1. The molecule has 7 heteroatoms. The van der Waals surface area contributed by atoms with Gasteiger partial charge >= 0.3 is 0 Å². The molecule has 0 aromatic heterocycles. The van der Waals surface area contributed by atoms with Crippen molar-refractivity contribution in [2.75, 3.05) is 44.6 Å². The van der Waals surface area contributed by atoms with E-state index in [4.69, 9.17) is 9.47 Å². The van der Waals surface area contributed by atoms with Crippen LogP contribution < -0.4 is 15.0 Å². The second-order valence-electron chi connectivity index (χ2n) is 9.43. The van der Waals surface area contributed by atoms with Gasteiger partial charge in [-0.05, 0) is 66.8 Å². The summed E-state index contributed by atoms with van der Waals surface area (Å²) in [6.45, 7) is 5.70. The van der Waals surface area contributed by atoms with Crippen LogP contribution in [0, 0.1) is 5.92 Å². The lowest BCUT2D eigenvalue weighted by molar-refractivity contribution is -0.116. The van der Waals surface area contributed by atoms with Crippen molar-refractivity contribution in [3.63, 3.8) is 0 Å². The van der Waals surface area contributed by atoms with Gasteiger partial charge in [0.25, 0.3) is 5.91 Å². The molecule has 2 aromatic rings. The van der Waals surface area contributed by atoms with Crippen molar-refractivity contribution < 1.29 is 19.1 Å². The molecule has 34 heavy (non-hydrogen) atoms. The lowest BCUT2D eigenvalue weighted by atomic mass is 10.1. The largest absolute Gasteiger partial charge is 0.497 e. The van der Waals surface area contributed by atoms with Crippen molar-refractivity contribution in [3.05, 3.63) is 53.6 Å². The van der Waals surface area contributed by atoms with Gasteiger partial charge < -0.3 is 24.6 Å². The van der Waals surface area contributed by atoms with Crippen molar-refractivity contribution in [1.29, 1.82) is 0 Å². The summed E-state index contributed by atoms with van der Waals surface area (Å²) in [4.78, 5) is 29.8. The third kappa shape index (κ3) is 6.97. The number of carbonyl (C=O) groups is 2. The van der Waals surface area contributed by atoms with E-state index in [0.717, 1.165) is 36.4 Å². The maximum absolute atomic E-state index is 13.5. The molecule has 1 heterocycles. The third-order valence-corrected chi connectivity index (χ3v) is 5.87. The summed E-state index contributed by atoms with van der Waals surface area (Å²) in [5.74, 6) is 0.924. The minimum absolute atomic E-state index is 0.0101. The number of anilines is 2. The van der Waals surface area contributed by atoms with Gasteiger partial charge in [0.15, 0.2) is 0 Å². The number of hydrogen-bond donors (Lipinski definition) is 1. The molecule has 3 rings (SSSR count). The van der Waals surface area contributed by atoms with Crippen molar-refractivity contribution in [2.45, 2.75) is 45.8 Å². The molecule has 184 valence electrons. The summed E-state index contributed by atoms with van der Waals surface area (Å²) in [5.41, 5.74) is 3.31. The van der Waals surface area contributed by atoms with E-state index in [9.17, 15) is 9.59 Å². The lowest BCUT2D eigenvalue weighted by Gasteiger charge is -2.28. The van der Waals surface area contributed by atoms with Gasteiger partial charge in [0.2, 0.25) is 5.91 Å². The number of hydrogen-bond acceptors (Lipinski definition) is 5. The number of benzene rings is 2. The van der Waals surface area contributed by atoms with Crippen LogP contribution in [0.5, 0.6) is 5.75 Å². The smallest absolute Gasteiger partial charge is 0.254 e. The summed E-state index contributed by atoms with van der Waals surface area (Å²) >= 11 is 0. The Balaban J connectivity index is 1.88. The minimum Gasteiger partial charge on any atom is -0.497 e. The predicted molar refractivity (Wildman–Crippen MR) is 136 cm³/mol. The average molecular weight is 468 g/mol. The maximum Gasteiger partial charge on any atom is 0.254 e. The maximum atomic E-state index is 13.5. The quantitative estimate of drug-likeness (QED) is 0.554. The van der Waals surface area contributed by atoms with Gasteiger partial charge in [0.05, 0.1) is 13.2 Å². The highest BCUT2D eigenvalue weighted by Crippen LogP contribution is 2.27. The summed E-state index contributed by atoms with van der Waals surface area (Å²) in [5, 5.41) is 3.00. The zero-order valence-electron chi connectivity index (χ0n) is 21.0. The Kier molecular flexibility index (Phi) is 8.93. The van der Waals surface area contributed by atoms with Crippen LogP contribution in [0.4, 0.5) is 11.4 Å². The molecule has 0 saturated carbocycles. The molecule has 0 spiro atoms. The Morgan fingerprint density at radius 2 is 1.88 bits per heavy atom. The molecule has 1 atom stereocenters. The molecule has 2 aromatic carbocycles. The molecule has 1 saturated heterocycles. The monoisotopic (exact) mass is 467 g/mol. The molecule has 1 aliphatic rings. The lowest BCUT2D eigenvalue weighted by Crippen LogP contribution is -2.37. The van der Waals surface area contributed by atoms with Crippen LogP contribution in [-0.2, 0) is 16.1 Å². The van der Waals surface area contributed by atoms with Crippen molar-refractivity contribution in [1.82, 2.24) is 4.90 Å². The van der Waals surface area contributed by atoms with Crippen LogP contribution >= 0.6 is 0 Å². The topological polar surface area (TPSA) is 71.1 Å². The number of amides is 2. The highest BCUT2D eigenvalue weighted by atomic mass is 16.5. The minimum atomic E-state index is -0.0582. The molecule has 0 aliphatic carbocycles. The Bertz CT molecular complexity index is 966. The third-order valence-electron chi connectivity index (χ3n) is 5.87. The molecule has 0 bridgehead atoms. The predicted octanol–water partition coefficient (Wildman–Crippen LogP) is 4.57. The van der Waals surface area contributed by atoms with Gasteiger partial charge in [0, 0.05) is 57.2 Å². The number of carbonyl (C=O) groups excluding carboxylic acids is 2. The second-order valence-corrected chi connectivity index (χ2v) is 9.43. The molecular formula is C27H37N3O4. The molecule has 7 nitrogen and oxygen atoms in total. The number of rotatable bonds is 10. The molecule has 0 radical (unpaired) electrons. The van der Waals surface area contributed by atoms with Crippen LogP contribution in [0.2, 0.25) is 0 Å². The highest BCUT2D eigenvalue weighted by Gasteiger charge is 2.25. The molecule has 2 amide bonds. The first-order valence-corrected chi connectivity index (χ1v) is 11.9. The summed E-state index contributed by atoms with van der Waals surface area (Å²) < 4.78 is 11.1. The van der Waals surface area contributed by atoms with Gasteiger partial charge in [-0.2, -0.15) is 0 Å². The van der Waals surface area contributed by atoms with E-state index in [1.165, 1.54) is 0 Å². The fraction of sp³-hybridized carbons (Fsp3) is 0.481. The van der Waals surface area contributed by atoms with E-state index in [0.29, 0.717) is 30.8 Å². The van der Waals surface area contributed by atoms with Gasteiger partial charge in [-0.3, -0.25) is 9.59 Å². The van der Waals surface area contributed by atoms with Crippen molar-refractivity contribution in [2.24, 2.45) is 5.92 Å². The van der Waals surface area contributed by atoms with E-state index < -0.39 is 0 Å². The Morgan fingerprint density at radius 1 is 1.15 bits per heavy atom. The Morgan fingerprint density at radius 3 is 2.47 bits per heavy atom. The van der Waals surface area contributed by atoms with Gasteiger partial charge in [-0.15, -0.1) is 0 Å². The van der Waals surface area contributed by atoms with Crippen molar-refractivity contribution in [3.8, 4) is 5.75 Å². The molecule has 1 fully saturated rings. The van der Waals surface area contributed by atoms with E-state index >= 15 is 0 Å². The zero-order valence-corrected chi connectivity index (χ0v) is 21.0. The van der Waals surface area contributed by atoms with Crippen molar-refractivity contribution >= 4 is 23.2 Å². The molecule has 1 N–H and O–H groups in total. The number of nitrogens with zero attached hydrogens (tertiary/aromatic N) is 2. The Hall–Kier alpha value is -3.06.